The van der Waals surface area contributed by atoms with E-state index in [1.807, 2.05) is 6.20 Å². The number of carbonyl (C=O) groups is 1. The van der Waals surface area contributed by atoms with Crippen molar-refractivity contribution in [3.63, 3.8) is 0 Å². The third-order valence-electron chi connectivity index (χ3n) is 13.7. The average Bonchev–Trinajstić information content (AvgIpc) is 3.25. The zero-order chi connectivity index (χ0) is 25.9. The topological polar surface area (TPSA) is 63.3 Å². The van der Waals surface area contributed by atoms with E-state index in [2.05, 4.69) is 53.6 Å². The molecule has 8 atom stereocenters. The molecule has 200 valence electrons. The first-order valence-corrected chi connectivity index (χ1v) is 14.8. The van der Waals surface area contributed by atoms with E-state index in [1.165, 1.54) is 37.7 Å². The third-order valence-corrected chi connectivity index (χ3v) is 13.7. The molecule has 0 amide bonds. The van der Waals surface area contributed by atoms with Crippen LogP contribution in [-0.2, 0) is 16.6 Å². The molecule has 4 fully saturated rings. The molecule has 5 aliphatic carbocycles. The van der Waals surface area contributed by atoms with Crippen LogP contribution in [-0.4, -0.2) is 22.7 Å². The van der Waals surface area contributed by atoms with E-state index in [0.717, 1.165) is 37.9 Å². The average molecular weight is 496 g/mol. The zero-order valence-electron chi connectivity index (χ0n) is 23.9. The van der Waals surface area contributed by atoms with E-state index in [4.69, 9.17) is 4.52 Å². The Morgan fingerprint density at radius 2 is 1.69 bits per heavy atom. The summed E-state index contributed by atoms with van der Waals surface area (Å²) < 4.78 is 5.83. The molecule has 1 aromatic rings. The minimum Gasteiger partial charge on any atom is -0.396 e. The number of Topliss-reactive ketones (excluding diaryl/α,β-unsaturated/α-hetero) is 1. The smallest absolute Gasteiger partial charge is 0.145 e. The molecule has 0 bridgehead atoms. The number of aliphatic hydroxyl groups is 1. The predicted molar refractivity (Wildman–Crippen MR) is 141 cm³/mol. The molecule has 4 saturated carbocycles. The summed E-state index contributed by atoms with van der Waals surface area (Å²) in [6.07, 6.45) is 12.8. The molecule has 6 rings (SSSR count). The van der Waals surface area contributed by atoms with Gasteiger partial charge >= 0.3 is 0 Å². The molecule has 1 N–H and O–H groups in total. The first-order chi connectivity index (χ1) is 16.7. The van der Waals surface area contributed by atoms with Crippen LogP contribution in [0.4, 0.5) is 0 Å². The van der Waals surface area contributed by atoms with Gasteiger partial charge in [-0.15, -0.1) is 0 Å². The third kappa shape index (κ3) is 2.97. The summed E-state index contributed by atoms with van der Waals surface area (Å²) in [6.45, 7) is 17.4. The Kier molecular flexibility index (Phi) is 5.22. The normalized spacial score (nSPS) is 48.7. The van der Waals surface area contributed by atoms with E-state index in [9.17, 15) is 9.90 Å². The summed E-state index contributed by atoms with van der Waals surface area (Å²) >= 11 is 0. The maximum Gasteiger partial charge on any atom is 0.145 e. The van der Waals surface area contributed by atoms with E-state index >= 15 is 0 Å². The molecule has 36 heavy (non-hydrogen) atoms. The van der Waals surface area contributed by atoms with Crippen molar-refractivity contribution in [2.45, 2.75) is 118 Å². The van der Waals surface area contributed by atoms with Crippen LogP contribution in [0.1, 0.15) is 118 Å². The first kappa shape index (κ1) is 25.1. The molecule has 4 heteroatoms. The Morgan fingerprint density at radius 3 is 2.42 bits per heavy atom. The predicted octanol–water partition coefficient (Wildman–Crippen LogP) is 7.13. The van der Waals surface area contributed by atoms with Crippen molar-refractivity contribution < 1.29 is 14.4 Å². The standard InChI is InChI=1S/C32H49NO3/c1-27(2)10-12-32(14-15-34)13-11-31(7)25(21(32)18-27)22(35)16-24-29(5)17-20-19-33-36-26(20)28(3,4)23(29)8-9-30(24,31)6/h19,21,23-25,34H,8-18H2,1-7H3/t21?,23-,24+,25?,29-,30+,31+,32+/m0/s1. The number of nitrogens with zero attached hydrogens (tertiary/aromatic N) is 1. The summed E-state index contributed by atoms with van der Waals surface area (Å²) in [7, 11) is 0. The van der Waals surface area contributed by atoms with Crippen molar-refractivity contribution in [3.05, 3.63) is 17.5 Å². The number of rotatable bonds is 2. The Bertz CT molecular complexity index is 1070. The van der Waals surface area contributed by atoms with Gasteiger partial charge in [0.1, 0.15) is 11.5 Å². The Balaban J connectivity index is 1.44. The number of carbonyl (C=O) groups excluding carboxylic acids is 1. The van der Waals surface area contributed by atoms with Crippen LogP contribution in [0.3, 0.4) is 0 Å². The Hall–Kier alpha value is -1.16. The van der Waals surface area contributed by atoms with Crippen LogP contribution in [0, 0.1) is 50.7 Å². The van der Waals surface area contributed by atoms with Gasteiger partial charge in [0.15, 0.2) is 0 Å². The fourth-order valence-corrected chi connectivity index (χ4v) is 11.8. The molecule has 1 heterocycles. The maximum atomic E-state index is 14.5. The molecule has 5 aliphatic rings. The van der Waals surface area contributed by atoms with Crippen LogP contribution >= 0.6 is 0 Å². The molecular formula is C32H49NO3. The highest BCUT2D eigenvalue weighted by Crippen LogP contribution is 2.76. The molecule has 2 unspecified atom stereocenters. The summed E-state index contributed by atoms with van der Waals surface area (Å²) in [6, 6.07) is 0. The van der Waals surface area contributed by atoms with Crippen molar-refractivity contribution in [2.24, 2.45) is 50.7 Å². The fourth-order valence-electron chi connectivity index (χ4n) is 11.8. The second kappa shape index (κ2) is 7.48. The van der Waals surface area contributed by atoms with E-state index in [0.29, 0.717) is 23.5 Å². The van der Waals surface area contributed by atoms with Crippen LogP contribution in [0.15, 0.2) is 10.7 Å². The van der Waals surface area contributed by atoms with Gasteiger partial charge in [-0.25, -0.2) is 0 Å². The Labute approximate surface area is 218 Å². The molecule has 1 aromatic heterocycles. The van der Waals surface area contributed by atoms with Crippen molar-refractivity contribution in [1.82, 2.24) is 5.16 Å². The first-order valence-electron chi connectivity index (χ1n) is 14.8. The van der Waals surface area contributed by atoms with Gasteiger partial charge in [-0.05, 0) is 103 Å². The molecule has 0 saturated heterocycles. The highest BCUT2D eigenvalue weighted by atomic mass is 16.5. The minimum absolute atomic E-state index is 0.0249. The largest absolute Gasteiger partial charge is 0.396 e. The molecule has 4 nitrogen and oxygen atoms in total. The maximum absolute atomic E-state index is 14.5. The summed E-state index contributed by atoms with van der Waals surface area (Å²) in [5.41, 5.74) is 1.88. The van der Waals surface area contributed by atoms with Gasteiger partial charge in [-0.1, -0.05) is 53.6 Å². The van der Waals surface area contributed by atoms with Crippen molar-refractivity contribution in [1.29, 1.82) is 0 Å². The highest BCUT2D eigenvalue weighted by Gasteiger charge is 2.72. The van der Waals surface area contributed by atoms with Crippen LogP contribution in [0.25, 0.3) is 0 Å². The number of fused-ring (bicyclic) bond motifs is 8. The van der Waals surface area contributed by atoms with Gasteiger partial charge in [-0.2, -0.15) is 0 Å². The molecular weight excluding hydrogens is 446 g/mol. The van der Waals surface area contributed by atoms with E-state index in [1.54, 1.807) is 0 Å². The van der Waals surface area contributed by atoms with Gasteiger partial charge in [0.2, 0.25) is 0 Å². The summed E-state index contributed by atoms with van der Waals surface area (Å²) in [4.78, 5) is 14.5. The van der Waals surface area contributed by atoms with Gasteiger partial charge in [-0.3, -0.25) is 4.79 Å². The number of hydrogen-bond donors (Lipinski definition) is 1. The second-order valence-electron chi connectivity index (χ2n) is 16.0. The van der Waals surface area contributed by atoms with Crippen molar-refractivity contribution in [2.75, 3.05) is 6.61 Å². The van der Waals surface area contributed by atoms with Crippen molar-refractivity contribution >= 4 is 5.78 Å². The lowest BCUT2D eigenvalue weighted by Crippen LogP contribution is -2.69. The molecule has 0 radical (unpaired) electrons. The number of hydrogen-bond acceptors (Lipinski definition) is 4. The summed E-state index contributed by atoms with van der Waals surface area (Å²) in [5, 5.41) is 14.3. The van der Waals surface area contributed by atoms with Crippen LogP contribution in [0.5, 0.6) is 0 Å². The monoisotopic (exact) mass is 495 g/mol. The van der Waals surface area contributed by atoms with Crippen molar-refractivity contribution in [3.8, 4) is 0 Å². The van der Waals surface area contributed by atoms with Gasteiger partial charge in [0, 0.05) is 29.9 Å². The SMILES string of the molecule is CC1(C)CC[C@]2(CCO)CC[C@]3(C)C(C(=O)C[C@@H]4[C@@]5(C)Cc6cnoc6C(C)(C)[C@@H]5CC[C@]43C)C2C1. The quantitative estimate of drug-likeness (QED) is 0.474. The van der Waals surface area contributed by atoms with Crippen LogP contribution in [0.2, 0.25) is 0 Å². The second-order valence-corrected chi connectivity index (χ2v) is 16.0. The lowest BCUT2D eigenvalue weighted by molar-refractivity contribution is -0.230. The lowest BCUT2D eigenvalue weighted by atomic mass is 9.31. The Morgan fingerprint density at radius 1 is 0.972 bits per heavy atom. The van der Waals surface area contributed by atoms with Crippen LogP contribution < -0.4 is 0 Å². The molecule has 0 aliphatic heterocycles. The van der Waals surface area contributed by atoms with E-state index in [-0.39, 0.29) is 45.0 Å². The molecule has 0 aromatic carbocycles. The van der Waals surface area contributed by atoms with Gasteiger partial charge in [0.25, 0.3) is 0 Å². The lowest BCUT2D eigenvalue weighted by Gasteiger charge is -2.72. The fraction of sp³-hybridized carbons (Fsp3) is 0.875. The van der Waals surface area contributed by atoms with Gasteiger partial charge < -0.3 is 9.63 Å². The summed E-state index contributed by atoms with van der Waals surface area (Å²) in [5.74, 6) is 3.07. The number of aliphatic hydroxyl groups excluding tert-OH is 1. The molecule has 0 spiro atoms. The zero-order valence-corrected chi connectivity index (χ0v) is 23.9. The minimum atomic E-state index is -0.0583. The van der Waals surface area contributed by atoms with Gasteiger partial charge in [0.05, 0.1) is 6.20 Å². The number of aromatic nitrogens is 1. The van der Waals surface area contributed by atoms with E-state index < -0.39 is 0 Å². The highest BCUT2D eigenvalue weighted by molar-refractivity contribution is 5.84. The number of ketones is 1.